The van der Waals surface area contributed by atoms with Crippen molar-refractivity contribution in [2.24, 2.45) is 0 Å². The third-order valence-corrected chi connectivity index (χ3v) is 4.66. The molecule has 1 unspecified atom stereocenters. The van der Waals surface area contributed by atoms with Crippen LogP contribution in [-0.4, -0.2) is 43.0 Å². The number of benzene rings is 2. The highest BCUT2D eigenvalue weighted by Crippen LogP contribution is 2.32. The first kappa shape index (κ1) is 19.6. The predicted octanol–water partition coefficient (Wildman–Crippen LogP) is 2.92. The van der Waals surface area contributed by atoms with E-state index in [1.807, 2.05) is 31.2 Å². The molecule has 0 bridgehead atoms. The third kappa shape index (κ3) is 4.23. The number of aryl methyl sites for hydroxylation is 1. The molecule has 3 rings (SSSR count). The number of hydrogen-bond acceptors (Lipinski definition) is 6. The van der Waals surface area contributed by atoms with Crippen molar-refractivity contribution in [1.29, 1.82) is 0 Å². The average molecular weight is 382 g/mol. The van der Waals surface area contributed by atoms with Gasteiger partial charge < -0.3 is 19.3 Å². The van der Waals surface area contributed by atoms with Crippen LogP contribution < -0.4 is 4.74 Å². The summed E-state index contributed by atoms with van der Waals surface area (Å²) in [6.07, 6.45) is 1.85. The van der Waals surface area contributed by atoms with Crippen molar-refractivity contribution in [3.8, 4) is 5.75 Å². The molecule has 1 fully saturated rings. The number of methoxy groups -OCH3 is 1. The van der Waals surface area contributed by atoms with Gasteiger partial charge in [-0.25, -0.2) is 9.59 Å². The zero-order valence-corrected chi connectivity index (χ0v) is 15.8. The number of esters is 2. The molecule has 0 aliphatic carbocycles. The fourth-order valence-electron chi connectivity index (χ4n) is 3.02. The maximum Gasteiger partial charge on any atom is 0.338 e. The smallest absolute Gasteiger partial charge is 0.338 e. The molecule has 1 saturated heterocycles. The van der Waals surface area contributed by atoms with E-state index in [1.165, 1.54) is 0 Å². The maximum atomic E-state index is 12.3. The summed E-state index contributed by atoms with van der Waals surface area (Å²) in [6, 6.07) is 14.3. The van der Waals surface area contributed by atoms with Crippen molar-refractivity contribution in [3.05, 3.63) is 70.8 Å². The molecule has 28 heavy (non-hydrogen) atoms. The average Bonchev–Trinajstić information content (AvgIpc) is 3.03. The van der Waals surface area contributed by atoms with Crippen LogP contribution in [0.3, 0.4) is 0 Å². The van der Waals surface area contributed by atoms with E-state index in [9.17, 15) is 14.7 Å². The Hall–Kier alpha value is -3.12. The lowest BCUT2D eigenvalue weighted by Gasteiger charge is -2.24. The number of ether oxygens (including phenoxy) is 3. The SMILES string of the molecule is COc1ccc(/C=C2/CC(CO)(COC(=O)c3ccccc3C)OC2=O)cc1. The molecule has 6 heteroatoms. The zero-order valence-electron chi connectivity index (χ0n) is 15.8. The van der Waals surface area contributed by atoms with Crippen LogP contribution in [0.4, 0.5) is 0 Å². The van der Waals surface area contributed by atoms with Gasteiger partial charge in [-0.3, -0.25) is 0 Å². The summed E-state index contributed by atoms with van der Waals surface area (Å²) in [6.45, 7) is 1.14. The second-order valence-electron chi connectivity index (χ2n) is 6.74. The fourth-order valence-corrected chi connectivity index (χ4v) is 3.02. The second-order valence-corrected chi connectivity index (χ2v) is 6.74. The molecule has 0 amide bonds. The Morgan fingerprint density at radius 2 is 1.93 bits per heavy atom. The van der Waals surface area contributed by atoms with Crippen molar-refractivity contribution in [2.45, 2.75) is 18.9 Å². The van der Waals surface area contributed by atoms with E-state index in [0.717, 1.165) is 11.1 Å². The topological polar surface area (TPSA) is 82.1 Å². The number of hydrogen-bond donors (Lipinski definition) is 1. The first-order chi connectivity index (χ1) is 13.5. The Balaban J connectivity index is 1.71. The summed E-state index contributed by atoms with van der Waals surface area (Å²) in [4.78, 5) is 24.6. The third-order valence-electron chi connectivity index (χ3n) is 4.66. The van der Waals surface area contributed by atoms with Crippen molar-refractivity contribution in [1.82, 2.24) is 0 Å². The molecule has 146 valence electrons. The first-order valence-corrected chi connectivity index (χ1v) is 8.88. The Labute approximate surface area is 163 Å². The van der Waals surface area contributed by atoms with E-state index in [4.69, 9.17) is 14.2 Å². The molecule has 1 aliphatic heterocycles. The van der Waals surface area contributed by atoms with Crippen molar-refractivity contribution >= 4 is 18.0 Å². The second kappa shape index (κ2) is 8.27. The molecule has 2 aromatic carbocycles. The summed E-state index contributed by atoms with van der Waals surface area (Å²) in [5, 5.41) is 9.81. The quantitative estimate of drug-likeness (QED) is 0.611. The van der Waals surface area contributed by atoms with Crippen LogP contribution in [0.25, 0.3) is 6.08 Å². The van der Waals surface area contributed by atoms with Crippen LogP contribution in [0.15, 0.2) is 54.1 Å². The summed E-state index contributed by atoms with van der Waals surface area (Å²) in [5.41, 5.74) is 1.17. The lowest BCUT2D eigenvalue weighted by Crippen LogP contribution is -2.39. The van der Waals surface area contributed by atoms with Crippen molar-refractivity contribution in [2.75, 3.05) is 20.3 Å². The van der Waals surface area contributed by atoms with Crippen LogP contribution in [0, 0.1) is 6.92 Å². The number of aliphatic hydroxyl groups is 1. The van der Waals surface area contributed by atoms with E-state index >= 15 is 0 Å². The Morgan fingerprint density at radius 1 is 1.21 bits per heavy atom. The summed E-state index contributed by atoms with van der Waals surface area (Å²) >= 11 is 0. The molecule has 0 aromatic heterocycles. The number of cyclic esters (lactones) is 1. The molecule has 1 N–H and O–H groups in total. The van der Waals surface area contributed by atoms with Crippen LogP contribution in [-0.2, 0) is 14.3 Å². The molecule has 1 atom stereocenters. The van der Waals surface area contributed by atoms with Crippen LogP contribution in [0.2, 0.25) is 0 Å². The molecule has 0 spiro atoms. The molecule has 0 saturated carbocycles. The Morgan fingerprint density at radius 3 is 2.57 bits per heavy atom. The van der Waals surface area contributed by atoms with E-state index in [2.05, 4.69) is 0 Å². The normalized spacial score (nSPS) is 20.1. The number of aliphatic hydroxyl groups excluding tert-OH is 1. The molecule has 1 aliphatic rings. The highest BCUT2D eigenvalue weighted by molar-refractivity contribution is 5.96. The van der Waals surface area contributed by atoms with Gasteiger partial charge in [-0.15, -0.1) is 0 Å². The van der Waals surface area contributed by atoms with Gasteiger partial charge in [0.05, 0.1) is 19.3 Å². The molecule has 2 aromatic rings. The van der Waals surface area contributed by atoms with Gasteiger partial charge >= 0.3 is 11.9 Å². The van der Waals surface area contributed by atoms with Gasteiger partial charge in [0, 0.05) is 12.0 Å². The molecule has 1 heterocycles. The largest absolute Gasteiger partial charge is 0.497 e. The molecular weight excluding hydrogens is 360 g/mol. The van der Waals surface area contributed by atoms with Gasteiger partial charge in [0.15, 0.2) is 5.60 Å². The van der Waals surface area contributed by atoms with Crippen LogP contribution in [0.5, 0.6) is 5.75 Å². The van der Waals surface area contributed by atoms with Gasteiger partial charge in [0.1, 0.15) is 12.4 Å². The Bertz CT molecular complexity index is 899. The highest BCUT2D eigenvalue weighted by Gasteiger charge is 2.44. The number of carbonyl (C=O) groups is 2. The van der Waals surface area contributed by atoms with E-state index in [1.54, 1.807) is 37.5 Å². The van der Waals surface area contributed by atoms with Gasteiger partial charge in [-0.2, -0.15) is 0 Å². The molecular formula is C22H22O6. The van der Waals surface area contributed by atoms with Crippen molar-refractivity contribution in [3.63, 3.8) is 0 Å². The summed E-state index contributed by atoms with van der Waals surface area (Å²) in [7, 11) is 1.58. The highest BCUT2D eigenvalue weighted by atomic mass is 16.6. The lowest BCUT2D eigenvalue weighted by molar-refractivity contribution is -0.154. The lowest BCUT2D eigenvalue weighted by atomic mass is 9.98. The standard InChI is InChI=1S/C22H22O6/c1-15-5-3-4-6-19(15)21(25)27-14-22(13-23)12-17(20(24)28-22)11-16-7-9-18(26-2)10-8-16/h3-11,23H,12-14H2,1-2H3/b17-11-. The number of carbonyl (C=O) groups excluding carboxylic acids is 2. The van der Waals surface area contributed by atoms with Gasteiger partial charge in [0.25, 0.3) is 0 Å². The van der Waals surface area contributed by atoms with Gasteiger partial charge in [-0.1, -0.05) is 30.3 Å². The monoisotopic (exact) mass is 382 g/mol. The molecule has 0 radical (unpaired) electrons. The van der Waals surface area contributed by atoms with Crippen molar-refractivity contribution < 1.29 is 28.9 Å². The van der Waals surface area contributed by atoms with Crippen LogP contribution in [0.1, 0.15) is 27.9 Å². The Kier molecular flexibility index (Phi) is 5.80. The first-order valence-electron chi connectivity index (χ1n) is 8.88. The zero-order chi connectivity index (χ0) is 20.1. The maximum absolute atomic E-state index is 12.3. The summed E-state index contributed by atoms with van der Waals surface area (Å²) in [5.74, 6) is -0.338. The fraction of sp³-hybridized carbons (Fsp3) is 0.273. The number of rotatable bonds is 6. The van der Waals surface area contributed by atoms with Crippen LogP contribution >= 0.6 is 0 Å². The van der Waals surface area contributed by atoms with E-state index < -0.39 is 24.1 Å². The van der Waals surface area contributed by atoms with Gasteiger partial charge in [-0.05, 0) is 42.3 Å². The molecule has 6 nitrogen and oxygen atoms in total. The van der Waals surface area contributed by atoms with E-state index in [-0.39, 0.29) is 13.0 Å². The van der Waals surface area contributed by atoms with Gasteiger partial charge in [0.2, 0.25) is 0 Å². The predicted molar refractivity (Wildman–Crippen MR) is 103 cm³/mol. The minimum absolute atomic E-state index is 0.148. The minimum Gasteiger partial charge on any atom is -0.497 e. The summed E-state index contributed by atoms with van der Waals surface area (Å²) < 4.78 is 15.8. The minimum atomic E-state index is -1.27. The van der Waals surface area contributed by atoms with E-state index in [0.29, 0.717) is 16.9 Å².